The van der Waals surface area contributed by atoms with Crippen molar-refractivity contribution >= 4 is 52.6 Å². The number of fused-ring (bicyclic) bond motifs is 1. The Bertz CT molecular complexity index is 2100. The second-order valence-corrected chi connectivity index (χ2v) is 15.9. The van der Waals surface area contributed by atoms with Gasteiger partial charge in [-0.1, -0.05) is 11.6 Å². The number of halogens is 1. The van der Waals surface area contributed by atoms with Gasteiger partial charge in [0.15, 0.2) is 0 Å². The molecule has 57 heavy (non-hydrogen) atoms. The van der Waals surface area contributed by atoms with Crippen LogP contribution in [0.4, 0.5) is 11.5 Å². The zero-order chi connectivity index (χ0) is 39.6. The van der Waals surface area contributed by atoms with Crippen LogP contribution >= 0.6 is 11.6 Å². The molecular formula is C41H44ClN9O6. The van der Waals surface area contributed by atoms with Crippen LogP contribution in [-0.4, -0.2) is 113 Å². The summed E-state index contributed by atoms with van der Waals surface area (Å²) in [4.78, 5) is 80.4. The first kappa shape index (κ1) is 38.3. The number of rotatable bonds is 9. The van der Waals surface area contributed by atoms with Crippen molar-refractivity contribution in [3.05, 3.63) is 76.2 Å². The molecule has 3 aromatic rings. The molecule has 296 valence electrons. The number of hydrogen-bond donors (Lipinski definition) is 2. The van der Waals surface area contributed by atoms with Crippen LogP contribution in [0.25, 0.3) is 0 Å². The highest BCUT2D eigenvalue weighted by Gasteiger charge is 2.45. The maximum Gasteiger partial charge on any atom is 0.271 e. The standard InChI is InChI=1S/C41H44ClN9O6/c42-33-20-30(5-1-26(33)21-43)57-29-6-2-27(3-7-29)46-38(53)34-22-45-36(23-44-34)50-13-11-25(12-14-50)24-48-15-17-49(18-16-48)28-4-8-31-32(19-28)41(56)51(40(31)55)35-9-10-37(52)47-39(35)54/h1,4-5,8,19-20,22-23,25,27,29,35H,2-3,6-7,9-18,24H2,(H,46,53)(H,47,52,54). The Labute approximate surface area is 335 Å². The molecule has 1 atom stereocenters. The van der Waals surface area contributed by atoms with E-state index in [4.69, 9.17) is 21.6 Å². The smallest absolute Gasteiger partial charge is 0.271 e. The van der Waals surface area contributed by atoms with Gasteiger partial charge in [-0.15, -0.1) is 0 Å². The number of anilines is 2. The Morgan fingerprint density at radius 2 is 1.61 bits per heavy atom. The summed E-state index contributed by atoms with van der Waals surface area (Å²) in [5, 5.41) is 14.8. The lowest BCUT2D eigenvalue weighted by Crippen LogP contribution is -2.54. The van der Waals surface area contributed by atoms with Gasteiger partial charge >= 0.3 is 0 Å². The fourth-order valence-electron chi connectivity index (χ4n) is 8.59. The van der Waals surface area contributed by atoms with Gasteiger partial charge in [0.25, 0.3) is 17.7 Å². The maximum atomic E-state index is 13.3. The average Bonchev–Trinajstić information content (AvgIpc) is 3.47. The number of benzene rings is 2. The molecule has 1 aliphatic carbocycles. The number of nitrogens with one attached hydrogen (secondary N) is 2. The van der Waals surface area contributed by atoms with E-state index in [1.807, 2.05) is 6.07 Å². The Balaban J connectivity index is 0.753. The minimum atomic E-state index is -0.977. The number of carbonyl (C=O) groups excluding carboxylic acids is 5. The summed E-state index contributed by atoms with van der Waals surface area (Å²) in [5.74, 6) is -0.262. The molecule has 1 unspecified atom stereocenters. The van der Waals surface area contributed by atoms with Crippen molar-refractivity contribution in [1.82, 2.24) is 30.4 Å². The largest absolute Gasteiger partial charge is 0.490 e. The minimum Gasteiger partial charge on any atom is -0.490 e. The third kappa shape index (κ3) is 8.29. The van der Waals surface area contributed by atoms with Crippen molar-refractivity contribution in [2.75, 3.05) is 55.6 Å². The van der Waals surface area contributed by atoms with Gasteiger partial charge in [-0.25, -0.2) is 9.97 Å². The maximum absolute atomic E-state index is 13.3. The molecular weight excluding hydrogens is 750 g/mol. The van der Waals surface area contributed by atoms with Crippen LogP contribution in [-0.2, 0) is 9.59 Å². The number of nitrogens with zero attached hydrogens (tertiary/aromatic N) is 7. The highest BCUT2D eigenvalue weighted by atomic mass is 35.5. The molecule has 5 heterocycles. The number of carbonyl (C=O) groups is 5. The predicted octanol–water partition coefficient (Wildman–Crippen LogP) is 3.56. The summed E-state index contributed by atoms with van der Waals surface area (Å²) in [6, 6.07) is 11.5. The van der Waals surface area contributed by atoms with Gasteiger partial charge in [0.05, 0.1) is 40.2 Å². The van der Waals surface area contributed by atoms with Crippen LogP contribution in [0.5, 0.6) is 5.75 Å². The third-order valence-electron chi connectivity index (χ3n) is 11.9. The van der Waals surface area contributed by atoms with Crippen molar-refractivity contribution < 1.29 is 28.7 Å². The molecule has 16 heteroatoms. The van der Waals surface area contributed by atoms with E-state index in [2.05, 4.69) is 41.4 Å². The molecule has 1 aromatic heterocycles. The van der Waals surface area contributed by atoms with Crippen LogP contribution < -0.4 is 25.2 Å². The Hall–Kier alpha value is -5.59. The van der Waals surface area contributed by atoms with Gasteiger partial charge in [0.2, 0.25) is 11.8 Å². The Morgan fingerprint density at radius 3 is 2.30 bits per heavy atom. The normalized spacial score (nSPS) is 23.2. The second kappa shape index (κ2) is 16.5. The summed E-state index contributed by atoms with van der Waals surface area (Å²) in [6.45, 7) is 6.07. The van der Waals surface area contributed by atoms with Crippen LogP contribution in [0.1, 0.15) is 88.1 Å². The summed E-state index contributed by atoms with van der Waals surface area (Å²) >= 11 is 6.14. The number of hydrogen-bond acceptors (Lipinski definition) is 12. The number of piperidine rings is 2. The predicted molar refractivity (Wildman–Crippen MR) is 209 cm³/mol. The van der Waals surface area contributed by atoms with Crippen molar-refractivity contribution in [2.24, 2.45) is 5.92 Å². The van der Waals surface area contributed by atoms with E-state index in [1.165, 1.54) is 0 Å². The molecule has 4 aliphatic heterocycles. The first-order chi connectivity index (χ1) is 27.6. The highest BCUT2D eigenvalue weighted by molar-refractivity contribution is 6.31. The Kier molecular flexibility index (Phi) is 11.1. The lowest BCUT2D eigenvalue weighted by atomic mass is 9.93. The lowest BCUT2D eigenvalue weighted by Gasteiger charge is -2.39. The molecule has 0 radical (unpaired) electrons. The third-order valence-corrected chi connectivity index (χ3v) is 12.2. The molecule has 0 bridgehead atoms. The SMILES string of the molecule is N#Cc1ccc(OC2CCC(NC(=O)c3cnc(N4CCC(CN5CCN(c6ccc7c(c6)C(=O)N(C6CCC(=O)NC6=O)C7=O)CC5)CC4)cn3)CC2)cc1Cl. The van der Waals surface area contributed by atoms with Crippen LogP contribution in [0.2, 0.25) is 5.02 Å². The van der Waals surface area contributed by atoms with Crippen LogP contribution in [0, 0.1) is 17.2 Å². The molecule has 4 fully saturated rings. The average molecular weight is 794 g/mol. The number of amides is 5. The molecule has 8 rings (SSSR count). The summed E-state index contributed by atoms with van der Waals surface area (Å²) < 4.78 is 6.08. The quantitative estimate of drug-likeness (QED) is 0.301. The number of ether oxygens (including phenoxy) is 1. The summed E-state index contributed by atoms with van der Waals surface area (Å²) in [7, 11) is 0. The fraction of sp³-hybridized carbons (Fsp3) is 0.463. The number of imide groups is 2. The van der Waals surface area contributed by atoms with E-state index in [0.717, 1.165) is 101 Å². The van der Waals surface area contributed by atoms with Gasteiger partial charge in [-0.3, -0.25) is 39.1 Å². The second-order valence-electron chi connectivity index (χ2n) is 15.5. The van der Waals surface area contributed by atoms with Gasteiger partial charge < -0.3 is 19.9 Å². The van der Waals surface area contributed by atoms with Crippen LogP contribution in [0.15, 0.2) is 48.8 Å². The Morgan fingerprint density at radius 1 is 0.860 bits per heavy atom. The van der Waals surface area contributed by atoms with Crippen molar-refractivity contribution in [2.45, 2.75) is 69.6 Å². The fourth-order valence-corrected chi connectivity index (χ4v) is 8.81. The molecule has 5 amide bonds. The monoisotopic (exact) mass is 793 g/mol. The zero-order valence-electron chi connectivity index (χ0n) is 31.5. The zero-order valence-corrected chi connectivity index (χ0v) is 32.2. The topological polar surface area (TPSA) is 181 Å². The van der Waals surface area contributed by atoms with Crippen molar-refractivity contribution in [1.29, 1.82) is 5.26 Å². The molecule has 0 spiro atoms. The molecule has 2 N–H and O–H groups in total. The first-order valence-corrected chi connectivity index (χ1v) is 20.1. The molecule has 15 nitrogen and oxygen atoms in total. The van der Waals surface area contributed by atoms with E-state index in [1.54, 1.807) is 42.7 Å². The van der Waals surface area contributed by atoms with Crippen molar-refractivity contribution in [3.63, 3.8) is 0 Å². The molecule has 3 saturated heterocycles. The van der Waals surface area contributed by atoms with Gasteiger partial charge in [0.1, 0.15) is 29.4 Å². The highest BCUT2D eigenvalue weighted by Crippen LogP contribution is 2.32. The van der Waals surface area contributed by atoms with E-state index in [9.17, 15) is 24.0 Å². The summed E-state index contributed by atoms with van der Waals surface area (Å²) in [5.41, 5.74) is 2.17. The van der Waals surface area contributed by atoms with E-state index in [-0.39, 0.29) is 36.5 Å². The van der Waals surface area contributed by atoms with E-state index in [0.29, 0.717) is 33.5 Å². The van der Waals surface area contributed by atoms with E-state index < -0.39 is 29.7 Å². The number of nitriles is 1. The lowest BCUT2D eigenvalue weighted by molar-refractivity contribution is -0.136. The van der Waals surface area contributed by atoms with Gasteiger partial charge in [0, 0.05) is 70.0 Å². The summed E-state index contributed by atoms with van der Waals surface area (Å²) in [6.07, 6.45) is 8.69. The van der Waals surface area contributed by atoms with Crippen LogP contribution in [0.3, 0.4) is 0 Å². The minimum absolute atomic E-state index is 0.0183. The number of aromatic nitrogens is 2. The number of piperazine rings is 1. The van der Waals surface area contributed by atoms with Gasteiger partial charge in [-0.05, 0) is 81.2 Å². The molecule has 2 aromatic carbocycles. The van der Waals surface area contributed by atoms with Crippen molar-refractivity contribution in [3.8, 4) is 11.8 Å². The molecule has 1 saturated carbocycles. The van der Waals surface area contributed by atoms with E-state index >= 15 is 0 Å². The first-order valence-electron chi connectivity index (χ1n) is 19.7. The van der Waals surface area contributed by atoms with Gasteiger partial charge in [-0.2, -0.15) is 5.26 Å². The molecule has 5 aliphatic rings.